The number of carboxylic acids is 1. The zero-order valence-corrected chi connectivity index (χ0v) is 14.2. The number of pyridine rings is 1. The smallest absolute Gasteiger partial charge is 0.420 e. The van der Waals surface area contributed by atoms with Gasteiger partial charge in [0.2, 0.25) is 0 Å². The number of fused-ring (bicyclic) bond motifs is 1. The highest BCUT2D eigenvalue weighted by Crippen LogP contribution is 2.37. The van der Waals surface area contributed by atoms with Crippen LogP contribution in [0.25, 0.3) is 0 Å². The van der Waals surface area contributed by atoms with Crippen LogP contribution in [0.2, 0.25) is 5.02 Å². The van der Waals surface area contributed by atoms with Crippen LogP contribution in [0, 0.1) is 0 Å². The highest BCUT2D eigenvalue weighted by Gasteiger charge is 2.36. The summed E-state index contributed by atoms with van der Waals surface area (Å²) in [5.41, 5.74) is -0.437. The number of alkyl halides is 3. The van der Waals surface area contributed by atoms with Gasteiger partial charge in [-0.3, -0.25) is 5.01 Å². The molecule has 2 heterocycles. The van der Waals surface area contributed by atoms with Crippen molar-refractivity contribution < 1.29 is 27.5 Å². The van der Waals surface area contributed by atoms with Crippen molar-refractivity contribution >= 4 is 29.1 Å². The third-order valence-electron chi connectivity index (χ3n) is 3.92. The fourth-order valence-corrected chi connectivity index (χ4v) is 2.98. The molecule has 3 rings (SSSR count). The van der Waals surface area contributed by atoms with Crippen LogP contribution in [0.3, 0.4) is 0 Å². The normalized spacial score (nSPS) is 15.8. The summed E-state index contributed by atoms with van der Waals surface area (Å²) in [7, 11) is 1.31. The van der Waals surface area contributed by atoms with Crippen molar-refractivity contribution in [3.05, 3.63) is 46.0 Å². The molecular formula is C16H13ClF3N3O3. The van der Waals surface area contributed by atoms with Gasteiger partial charge in [-0.1, -0.05) is 11.6 Å². The number of halogens is 4. The molecule has 6 nitrogen and oxygen atoms in total. The Kier molecular flexibility index (Phi) is 4.66. The largest absolute Gasteiger partial charge is 0.478 e. The number of nitrogens with zero attached hydrogens (tertiary/aromatic N) is 3. The van der Waals surface area contributed by atoms with Crippen LogP contribution in [0.4, 0.5) is 19.0 Å². The third-order valence-corrected chi connectivity index (χ3v) is 4.13. The number of hydrogen-bond acceptors (Lipinski definition) is 5. The molecule has 1 aliphatic carbocycles. The van der Waals surface area contributed by atoms with Gasteiger partial charge in [0, 0.05) is 19.7 Å². The number of rotatable bonds is 3. The lowest BCUT2D eigenvalue weighted by molar-refractivity contribution is -0.137. The van der Waals surface area contributed by atoms with Crippen LogP contribution in [-0.4, -0.2) is 28.8 Å². The van der Waals surface area contributed by atoms with Crippen molar-refractivity contribution in [2.45, 2.75) is 25.4 Å². The molecule has 0 saturated carbocycles. The Morgan fingerprint density at radius 2 is 2.15 bits per heavy atom. The van der Waals surface area contributed by atoms with Crippen molar-refractivity contribution in [1.82, 2.24) is 4.98 Å². The molecule has 0 saturated heterocycles. The summed E-state index contributed by atoms with van der Waals surface area (Å²) in [5.74, 6) is -1.16. The first kappa shape index (κ1) is 18.2. The Morgan fingerprint density at radius 1 is 1.42 bits per heavy atom. The SMILES string of the molecule is CN(/N=C1\CCCc2occ(C(=O)O)c21)c1ncc(Cl)cc1C(F)(F)F. The summed E-state index contributed by atoms with van der Waals surface area (Å²) in [5, 5.41) is 14.3. The van der Waals surface area contributed by atoms with E-state index in [4.69, 9.17) is 16.0 Å². The molecule has 0 fully saturated rings. The minimum atomic E-state index is -4.67. The van der Waals surface area contributed by atoms with Gasteiger partial charge < -0.3 is 9.52 Å². The van der Waals surface area contributed by atoms with E-state index in [0.29, 0.717) is 36.3 Å². The standard InChI is InChI=1S/C16H13ClF3N3O3/c1-23(14-10(16(18,19)20)5-8(17)6-21-14)22-11-3-2-4-12-13(11)9(7-26-12)15(24)25/h5-7H,2-4H2,1H3,(H,24,25)/b22-11+. The van der Waals surface area contributed by atoms with Gasteiger partial charge in [0.15, 0.2) is 5.82 Å². The molecule has 26 heavy (non-hydrogen) atoms. The maximum atomic E-state index is 13.3. The number of hydrogen-bond donors (Lipinski definition) is 1. The highest BCUT2D eigenvalue weighted by molar-refractivity contribution is 6.30. The minimum absolute atomic E-state index is 0.0630. The average Bonchev–Trinajstić information content (AvgIpc) is 2.99. The van der Waals surface area contributed by atoms with E-state index in [1.165, 1.54) is 7.05 Å². The molecule has 10 heteroatoms. The number of hydrazone groups is 1. The zero-order chi connectivity index (χ0) is 19.1. The second-order valence-electron chi connectivity index (χ2n) is 5.70. The first-order valence-corrected chi connectivity index (χ1v) is 7.94. The van der Waals surface area contributed by atoms with Crippen molar-refractivity contribution in [3.63, 3.8) is 0 Å². The molecule has 0 radical (unpaired) electrons. The Morgan fingerprint density at radius 3 is 2.81 bits per heavy atom. The van der Waals surface area contributed by atoms with E-state index in [-0.39, 0.29) is 10.6 Å². The fraction of sp³-hybridized carbons (Fsp3) is 0.312. The Balaban J connectivity index is 2.06. The Bertz CT molecular complexity index is 893. The molecular weight excluding hydrogens is 375 g/mol. The van der Waals surface area contributed by atoms with Crippen LogP contribution in [0.15, 0.2) is 28.0 Å². The lowest BCUT2D eigenvalue weighted by Gasteiger charge is -2.21. The van der Waals surface area contributed by atoms with E-state index < -0.39 is 23.5 Å². The lowest BCUT2D eigenvalue weighted by atomic mass is 9.93. The maximum absolute atomic E-state index is 13.3. The van der Waals surface area contributed by atoms with Gasteiger partial charge in [-0.25, -0.2) is 9.78 Å². The van der Waals surface area contributed by atoms with E-state index >= 15 is 0 Å². The van der Waals surface area contributed by atoms with E-state index in [1.807, 2.05) is 0 Å². The number of anilines is 1. The predicted molar refractivity (Wildman–Crippen MR) is 87.8 cm³/mol. The van der Waals surface area contributed by atoms with Crippen LogP contribution >= 0.6 is 11.6 Å². The zero-order valence-electron chi connectivity index (χ0n) is 13.5. The van der Waals surface area contributed by atoms with Crippen LogP contribution in [-0.2, 0) is 12.6 Å². The van der Waals surface area contributed by atoms with Crippen molar-refractivity contribution in [1.29, 1.82) is 0 Å². The molecule has 0 amide bonds. The van der Waals surface area contributed by atoms with Crippen molar-refractivity contribution in [2.75, 3.05) is 12.1 Å². The van der Waals surface area contributed by atoms with E-state index in [1.54, 1.807) is 0 Å². The molecule has 1 N–H and O–H groups in total. The number of furan rings is 1. The summed E-state index contributed by atoms with van der Waals surface area (Å²) < 4.78 is 45.0. The minimum Gasteiger partial charge on any atom is -0.478 e. The third kappa shape index (κ3) is 3.39. The molecule has 2 aromatic rings. The average molecular weight is 388 g/mol. The fourth-order valence-electron chi connectivity index (χ4n) is 2.82. The van der Waals surface area contributed by atoms with Gasteiger partial charge in [-0.05, 0) is 18.9 Å². The first-order chi connectivity index (χ1) is 12.2. The highest BCUT2D eigenvalue weighted by atomic mass is 35.5. The molecule has 0 aromatic carbocycles. The van der Waals surface area contributed by atoms with Crippen molar-refractivity contribution in [3.8, 4) is 0 Å². The van der Waals surface area contributed by atoms with E-state index in [2.05, 4.69) is 10.1 Å². The van der Waals surface area contributed by atoms with Gasteiger partial charge >= 0.3 is 12.1 Å². The van der Waals surface area contributed by atoms with Gasteiger partial charge in [-0.15, -0.1) is 0 Å². The molecule has 0 unspecified atom stereocenters. The number of carboxylic acid groups (broad SMARTS) is 1. The molecule has 0 spiro atoms. The molecule has 138 valence electrons. The van der Waals surface area contributed by atoms with E-state index in [9.17, 15) is 23.1 Å². The number of aromatic nitrogens is 1. The summed E-state index contributed by atoms with van der Waals surface area (Å²) in [6, 6.07) is 0.771. The van der Waals surface area contributed by atoms with Gasteiger partial charge in [0.05, 0.1) is 16.3 Å². The molecule has 1 aliphatic rings. The number of aromatic carboxylic acids is 1. The number of carbonyl (C=O) groups is 1. The van der Waals surface area contributed by atoms with Crippen LogP contribution in [0.1, 0.15) is 40.1 Å². The molecule has 0 aliphatic heterocycles. The topological polar surface area (TPSA) is 78.9 Å². The summed E-state index contributed by atoms with van der Waals surface area (Å²) in [6.45, 7) is 0. The first-order valence-electron chi connectivity index (χ1n) is 7.56. The van der Waals surface area contributed by atoms with Crippen LogP contribution < -0.4 is 5.01 Å². The maximum Gasteiger partial charge on any atom is 0.420 e. The van der Waals surface area contributed by atoms with Crippen molar-refractivity contribution in [2.24, 2.45) is 5.10 Å². The number of aryl methyl sites for hydroxylation is 1. The Hall–Kier alpha value is -2.55. The molecule has 2 aromatic heterocycles. The second-order valence-corrected chi connectivity index (χ2v) is 6.14. The quantitative estimate of drug-likeness (QED) is 0.798. The van der Waals surface area contributed by atoms with Crippen LogP contribution in [0.5, 0.6) is 0 Å². The summed E-state index contributed by atoms with van der Waals surface area (Å²) >= 11 is 5.63. The van der Waals surface area contributed by atoms with Gasteiger partial charge in [-0.2, -0.15) is 18.3 Å². The molecule has 0 bridgehead atoms. The summed E-state index contributed by atoms with van der Waals surface area (Å²) in [4.78, 5) is 15.1. The second kappa shape index (κ2) is 6.64. The molecule has 0 atom stereocenters. The van der Waals surface area contributed by atoms with E-state index in [0.717, 1.165) is 23.5 Å². The summed E-state index contributed by atoms with van der Waals surface area (Å²) in [6.07, 6.45) is -0.858. The predicted octanol–water partition coefficient (Wildman–Crippen LogP) is 4.22. The van der Waals surface area contributed by atoms with Gasteiger partial charge in [0.1, 0.15) is 23.2 Å². The lowest BCUT2D eigenvalue weighted by Crippen LogP contribution is -2.22. The monoisotopic (exact) mass is 387 g/mol. The van der Waals surface area contributed by atoms with Gasteiger partial charge in [0.25, 0.3) is 0 Å². The Labute approximate surface area is 150 Å².